The summed E-state index contributed by atoms with van der Waals surface area (Å²) in [6.45, 7) is 1.02. The van der Waals surface area contributed by atoms with Crippen molar-refractivity contribution in [1.82, 2.24) is 5.32 Å². The molecule has 0 amide bonds. The average Bonchev–Trinajstić information content (AvgIpc) is 2.91. The number of nitrogens with one attached hydrogen (secondary N) is 2. The Balaban J connectivity index is 2.07. The molecule has 1 heterocycles. The molecule has 7 heteroatoms. The summed E-state index contributed by atoms with van der Waals surface area (Å²) in [7, 11) is 0. The molecule has 2 rings (SSSR count). The highest BCUT2D eigenvalue weighted by Gasteiger charge is 2.25. The van der Waals surface area contributed by atoms with E-state index in [0.29, 0.717) is 6.42 Å². The van der Waals surface area contributed by atoms with Crippen molar-refractivity contribution in [3.63, 3.8) is 0 Å². The molecule has 0 radical (unpaired) electrons. The first-order valence-corrected chi connectivity index (χ1v) is 6.01. The second-order valence-electron chi connectivity index (χ2n) is 4.45. The fraction of sp³-hybridized carbons (Fsp3) is 0.500. The lowest BCUT2D eigenvalue weighted by Gasteiger charge is -2.13. The minimum absolute atomic E-state index is 0.135. The molecule has 0 bridgehead atoms. The zero-order valence-corrected chi connectivity index (χ0v) is 10.0. The van der Waals surface area contributed by atoms with E-state index in [1.807, 2.05) is 0 Å². The Labute approximate surface area is 107 Å². The van der Waals surface area contributed by atoms with Crippen LogP contribution in [0.4, 0.5) is 27.6 Å². The van der Waals surface area contributed by atoms with Gasteiger partial charge in [-0.25, -0.2) is 22.0 Å². The number of anilines is 1. The van der Waals surface area contributed by atoms with E-state index in [2.05, 4.69) is 10.6 Å². The van der Waals surface area contributed by atoms with Crippen LogP contribution in [0.5, 0.6) is 0 Å². The van der Waals surface area contributed by atoms with Gasteiger partial charge in [0.15, 0.2) is 23.3 Å². The third kappa shape index (κ3) is 2.80. The molecule has 2 N–H and O–H groups in total. The van der Waals surface area contributed by atoms with Crippen LogP contribution in [0.2, 0.25) is 0 Å². The summed E-state index contributed by atoms with van der Waals surface area (Å²) in [5, 5.41) is 5.45. The smallest absolute Gasteiger partial charge is 0.200 e. The van der Waals surface area contributed by atoms with Crippen molar-refractivity contribution in [2.75, 3.05) is 18.4 Å². The van der Waals surface area contributed by atoms with Gasteiger partial charge in [0.1, 0.15) is 5.69 Å². The minimum atomic E-state index is -2.14. The second kappa shape index (κ2) is 5.73. The fourth-order valence-electron chi connectivity index (χ4n) is 2.13. The van der Waals surface area contributed by atoms with Gasteiger partial charge < -0.3 is 10.6 Å². The van der Waals surface area contributed by atoms with Crippen LogP contribution in [0.1, 0.15) is 19.3 Å². The van der Waals surface area contributed by atoms with Crippen LogP contribution in [0, 0.1) is 29.1 Å². The largest absolute Gasteiger partial charge is 0.380 e. The minimum Gasteiger partial charge on any atom is -0.380 e. The maximum atomic E-state index is 13.3. The lowest BCUT2D eigenvalue weighted by atomic mass is 10.1. The highest BCUT2D eigenvalue weighted by Crippen LogP contribution is 2.27. The quantitative estimate of drug-likeness (QED) is 0.503. The number of benzene rings is 1. The normalized spacial score (nSPS) is 18.9. The first kappa shape index (κ1) is 14.0. The van der Waals surface area contributed by atoms with E-state index in [-0.39, 0.29) is 12.6 Å². The molecule has 0 aliphatic carbocycles. The Morgan fingerprint density at radius 1 is 0.947 bits per heavy atom. The maximum absolute atomic E-state index is 13.3. The molecule has 0 spiro atoms. The lowest BCUT2D eigenvalue weighted by molar-refractivity contribution is 0.381. The molecule has 1 unspecified atom stereocenters. The fourth-order valence-corrected chi connectivity index (χ4v) is 2.13. The van der Waals surface area contributed by atoms with Crippen LogP contribution in [-0.2, 0) is 0 Å². The summed E-state index contributed by atoms with van der Waals surface area (Å²) < 4.78 is 65.2. The molecule has 2 nitrogen and oxygen atoms in total. The molecule has 106 valence electrons. The zero-order chi connectivity index (χ0) is 14.0. The van der Waals surface area contributed by atoms with Crippen molar-refractivity contribution in [2.45, 2.75) is 25.3 Å². The molecule has 0 aromatic heterocycles. The second-order valence-corrected chi connectivity index (χ2v) is 4.45. The third-order valence-electron chi connectivity index (χ3n) is 3.17. The van der Waals surface area contributed by atoms with Gasteiger partial charge in [-0.3, -0.25) is 0 Å². The summed E-state index contributed by atoms with van der Waals surface area (Å²) in [4.78, 5) is 0. The van der Waals surface area contributed by atoms with Gasteiger partial charge in [-0.2, -0.15) is 0 Å². The topological polar surface area (TPSA) is 24.1 Å². The summed E-state index contributed by atoms with van der Waals surface area (Å²) >= 11 is 0. The van der Waals surface area contributed by atoms with Crippen LogP contribution in [0.25, 0.3) is 0 Å². The molecule has 1 atom stereocenters. The van der Waals surface area contributed by atoms with Crippen LogP contribution in [-0.4, -0.2) is 19.1 Å². The summed E-state index contributed by atoms with van der Waals surface area (Å²) in [5.74, 6) is -9.65. The summed E-state index contributed by atoms with van der Waals surface area (Å²) in [6, 6.07) is 0.216. The van der Waals surface area contributed by atoms with E-state index < -0.39 is 34.8 Å². The molecular formula is C12H13F5N2. The summed E-state index contributed by atoms with van der Waals surface area (Å²) in [5.41, 5.74) is -0.964. The van der Waals surface area contributed by atoms with Crippen molar-refractivity contribution in [3.8, 4) is 0 Å². The SMILES string of the molecule is Fc1c(F)c(F)c(NCCC2CCCN2)c(F)c1F. The monoisotopic (exact) mass is 280 g/mol. The molecule has 1 aromatic rings. The van der Waals surface area contributed by atoms with Gasteiger partial charge in [-0.1, -0.05) is 0 Å². The van der Waals surface area contributed by atoms with Crippen molar-refractivity contribution < 1.29 is 22.0 Å². The first-order valence-electron chi connectivity index (χ1n) is 6.01. The van der Waals surface area contributed by atoms with Gasteiger partial charge in [0.05, 0.1) is 0 Å². The highest BCUT2D eigenvalue weighted by molar-refractivity contribution is 5.47. The molecule has 1 aromatic carbocycles. The van der Waals surface area contributed by atoms with Gasteiger partial charge in [-0.05, 0) is 25.8 Å². The van der Waals surface area contributed by atoms with E-state index in [1.54, 1.807) is 0 Å². The average molecular weight is 280 g/mol. The first-order chi connectivity index (χ1) is 9.02. The van der Waals surface area contributed by atoms with Gasteiger partial charge >= 0.3 is 0 Å². The molecule has 19 heavy (non-hydrogen) atoms. The van der Waals surface area contributed by atoms with Crippen molar-refractivity contribution >= 4 is 5.69 Å². The van der Waals surface area contributed by atoms with Crippen LogP contribution in [0.3, 0.4) is 0 Å². The molecule has 1 fully saturated rings. The highest BCUT2D eigenvalue weighted by atomic mass is 19.2. The Bertz CT molecular complexity index is 443. The molecule has 1 aliphatic rings. The standard InChI is InChI=1S/C12H13F5N2/c13-7-8(14)10(16)12(11(17)9(7)15)19-5-3-6-2-1-4-18-6/h6,18-19H,1-5H2. The zero-order valence-electron chi connectivity index (χ0n) is 10.0. The van der Waals surface area contributed by atoms with E-state index >= 15 is 0 Å². The van der Waals surface area contributed by atoms with Gasteiger partial charge in [0, 0.05) is 12.6 Å². The Hall–Kier alpha value is -1.37. The Morgan fingerprint density at radius 2 is 1.53 bits per heavy atom. The van der Waals surface area contributed by atoms with Crippen LogP contribution >= 0.6 is 0 Å². The van der Waals surface area contributed by atoms with Crippen molar-refractivity contribution in [1.29, 1.82) is 0 Å². The third-order valence-corrected chi connectivity index (χ3v) is 3.17. The Kier molecular flexibility index (Phi) is 4.24. The van der Waals surface area contributed by atoms with Gasteiger partial charge in [0.2, 0.25) is 5.82 Å². The number of hydrogen-bond acceptors (Lipinski definition) is 2. The number of rotatable bonds is 4. The van der Waals surface area contributed by atoms with Crippen LogP contribution in [0.15, 0.2) is 0 Å². The van der Waals surface area contributed by atoms with Crippen molar-refractivity contribution in [2.24, 2.45) is 0 Å². The van der Waals surface area contributed by atoms with Crippen molar-refractivity contribution in [3.05, 3.63) is 29.1 Å². The Morgan fingerprint density at radius 3 is 2.05 bits per heavy atom. The summed E-state index contributed by atoms with van der Waals surface area (Å²) in [6.07, 6.45) is 2.52. The van der Waals surface area contributed by atoms with E-state index in [0.717, 1.165) is 19.4 Å². The molecule has 0 saturated carbocycles. The molecule has 1 aliphatic heterocycles. The number of hydrogen-bond donors (Lipinski definition) is 2. The van der Waals surface area contributed by atoms with Gasteiger partial charge in [-0.15, -0.1) is 0 Å². The van der Waals surface area contributed by atoms with Crippen LogP contribution < -0.4 is 10.6 Å². The maximum Gasteiger partial charge on any atom is 0.200 e. The predicted molar refractivity (Wildman–Crippen MR) is 60.4 cm³/mol. The molecule has 1 saturated heterocycles. The predicted octanol–water partition coefficient (Wildman–Crippen LogP) is 2.94. The van der Waals surface area contributed by atoms with E-state index in [1.165, 1.54) is 0 Å². The molecular weight excluding hydrogens is 267 g/mol. The number of halogens is 5. The lowest BCUT2D eigenvalue weighted by Crippen LogP contribution is -2.24. The van der Waals surface area contributed by atoms with Gasteiger partial charge in [0.25, 0.3) is 0 Å². The van der Waals surface area contributed by atoms with E-state index in [4.69, 9.17) is 0 Å². The van der Waals surface area contributed by atoms with E-state index in [9.17, 15) is 22.0 Å².